The Morgan fingerprint density at radius 1 is 1.35 bits per heavy atom. The van der Waals surface area contributed by atoms with E-state index in [-0.39, 0.29) is 5.91 Å². The molecule has 0 unspecified atom stereocenters. The van der Waals surface area contributed by atoms with Crippen LogP contribution in [0.3, 0.4) is 0 Å². The van der Waals surface area contributed by atoms with Crippen LogP contribution in [0.5, 0.6) is 5.75 Å². The van der Waals surface area contributed by atoms with Crippen molar-refractivity contribution in [2.24, 2.45) is 0 Å². The number of nitrogens with zero attached hydrogens (tertiary/aromatic N) is 1. The van der Waals surface area contributed by atoms with Crippen LogP contribution < -0.4 is 10.5 Å². The summed E-state index contributed by atoms with van der Waals surface area (Å²) < 4.78 is 5.13. The van der Waals surface area contributed by atoms with Gasteiger partial charge in [0.05, 0.1) is 12.0 Å². The number of nitrogens with two attached hydrogens (primary N) is 1. The normalized spacial score (nSPS) is 13.9. The maximum Gasteiger partial charge on any atom is 0.264 e. The number of thiophene rings is 1. The number of methoxy groups -OCH3 is 1. The van der Waals surface area contributed by atoms with Gasteiger partial charge in [0.1, 0.15) is 5.75 Å². The highest BCUT2D eigenvalue weighted by atomic mass is 32.1. The fourth-order valence-electron chi connectivity index (χ4n) is 2.44. The highest BCUT2D eigenvalue weighted by molar-refractivity contribution is 7.12. The summed E-state index contributed by atoms with van der Waals surface area (Å²) in [5.41, 5.74) is 8.99. The number of benzene rings is 1. The lowest BCUT2D eigenvalue weighted by molar-refractivity contribution is 0.0739. The molecule has 0 spiro atoms. The molecule has 0 bridgehead atoms. The fourth-order valence-corrected chi connectivity index (χ4v) is 3.27. The lowest BCUT2D eigenvalue weighted by Gasteiger charge is -2.28. The van der Waals surface area contributed by atoms with Gasteiger partial charge in [-0.3, -0.25) is 4.79 Å². The van der Waals surface area contributed by atoms with Gasteiger partial charge in [0.15, 0.2) is 0 Å². The van der Waals surface area contributed by atoms with Crippen molar-refractivity contribution in [1.29, 1.82) is 0 Å². The Kier molecular flexibility index (Phi) is 3.36. The third-order valence-corrected chi connectivity index (χ3v) is 4.45. The van der Waals surface area contributed by atoms with Crippen molar-refractivity contribution < 1.29 is 9.53 Å². The minimum atomic E-state index is 0.0615. The molecule has 4 nitrogen and oxygen atoms in total. The highest BCUT2D eigenvalue weighted by Crippen LogP contribution is 2.26. The van der Waals surface area contributed by atoms with Crippen LogP contribution in [0.25, 0.3) is 0 Å². The van der Waals surface area contributed by atoms with Crippen molar-refractivity contribution >= 4 is 22.9 Å². The van der Waals surface area contributed by atoms with Gasteiger partial charge in [-0.2, -0.15) is 0 Å². The third kappa shape index (κ3) is 2.36. The van der Waals surface area contributed by atoms with Gasteiger partial charge in [-0.15, -0.1) is 11.3 Å². The number of amides is 1. The topological polar surface area (TPSA) is 55.6 Å². The third-order valence-electron chi connectivity index (χ3n) is 3.55. The number of nitrogen functional groups attached to an aromatic ring is 1. The molecule has 1 aromatic heterocycles. The predicted molar refractivity (Wildman–Crippen MR) is 80.2 cm³/mol. The molecule has 0 aliphatic carbocycles. The summed E-state index contributed by atoms with van der Waals surface area (Å²) in [6, 6.07) is 7.73. The zero-order valence-corrected chi connectivity index (χ0v) is 12.1. The summed E-state index contributed by atoms with van der Waals surface area (Å²) in [7, 11) is 1.61. The lowest BCUT2D eigenvalue weighted by atomic mass is 9.99. The van der Waals surface area contributed by atoms with Crippen LogP contribution in [-0.2, 0) is 13.0 Å². The fraction of sp³-hybridized carbons (Fsp3) is 0.267. The average Bonchev–Trinajstić information content (AvgIpc) is 2.94. The zero-order valence-electron chi connectivity index (χ0n) is 11.3. The summed E-state index contributed by atoms with van der Waals surface area (Å²) in [5, 5.41) is 1.85. The molecule has 0 saturated heterocycles. The molecule has 2 heterocycles. The molecule has 1 aliphatic heterocycles. The Hall–Kier alpha value is -2.01. The summed E-state index contributed by atoms with van der Waals surface area (Å²) in [4.78, 5) is 15.1. The van der Waals surface area contributed by atoms with E-state index in [0.29, 0.717) is 11.4 Å². The molecule has 1 amide bonds. The van der Waals surface area contributed by atoms with E-state index in [1.54, 1.807) is 13.2 Å². The number of hydrogen-bond donors (Lipinski definition) is 1. The first kappa shape index (κ1) is 13.0. The van der Waals surface area contributed by atoms with E-state index in [1.165, 1.54) is 16.9 Å². The van der Waals surface area contributed by atoms with Crippen LogP contribution in [0.1, 0.15) is 20.8 Å². The van der Waals surface area contributed by atoms with E-state index in [9.17, 15) is 4.79 Å². The Bertz CT molecular complexity index is 651. The number of rotatable bonds is 2. The number of hydrogen-bond acceptors (Lipinski definition) is 4. The molecule has 3 rings (SSSR count). The van der Waals surface area contributed by atoms with Gasteiger partial charge in [0.25, 0.3) is 5.91 Å². The smallest absolute Gasteiger partial charge is 0.264 e. The Balaban J connectivity index is 1.80. The van der Waals surface area contributed by atoms with Crippen molar-refractivity contribution in [3.63, 3.8) is 0 Å². The average molecular weight is 288 g/mol. The number of fused-ring (bicyclic) bond motifs is 1. The molecule has 0 fully saturated rings. The Morgan fingerprint density at radius 2 is 2.20 bits per heavy atom. The molecular weight excluding hydrogens is 272 g/mol. The predicted octanol–water partition coefficient (Wildman–Crippen LogP) is 2.54. The van der Waals surface area contributed by atoms with Gasteiger partial charge in [-0.05, 0) is 29.7 Å². The maximum atomic E-state index is 12.5. The van der Waals surface area contributed by atoms with Gasteiger partial charge in [0, 0.05) is 30.2 Å². The van der Waals surface area contributed by atoms with Crippen LogP contribution in [-0.4, -0.2) is 24.5 Å². The van der Waals surface area contributed by atoms with E-state index < -0.39 is 0 Å². The van der Waals surface area contributed by atoms with Gasteiger partial charge in [-0.1, -0.05) is 6.07 Å². The van der Waals surface area contributed by atoms with E-state index in [0.717, 1.165) is 30.0 Å². The minimum absolute atomic E-state index is 0.0615. The minimum Gasteiger partial charge on any atom is -0.496 e. The molecule has 1 aliphatic rings. The SMILES string of the molecule is COc1csc(C(=O)N2CCc3ccc(N)cc3C2)c1. The first-order valence-corrected chi connectivity index (χ1v) is 7.34. The second-order valence-corrected chi connectivity index (χ2v) is 5.77. The Morgan fingerprint density at radius 3 is 2.95 bits per heavy atom. The van der Waals surface area contributed by atoms with E-state index in [1.807, 2.05) is 22.4 Å². The number of carbonyl (C=O) groups excluding carboxylic acids is 1. The second kappa shape index (κ2) is 5.17. The standard InChI is InChI=1S/C15H16N2O2S/c1-19-13-7-14(20-9-13)15(18)17-5-4-10-2-3-12(16)6-11(10)8-17/h2-3,6-7,9H,4-5,8,16H2,1H3. The van der Waals surface area contributed by atoms with Gasteiger partial charge in [0.2, 0.25) is 0 Å². The Labute approximate surface area is 121 Å². The van der Waals surface area contributed by atoms with E-state index in [4.69, 9.17) is 10.5 Å². The highest BCUT2D eigenvalue weighted by Gasteiger charge is 2.23. The zero-order chi connectivity index (χ0) is 14.1. The quantitative estimate of drug-likeness (QED) is 0.864. The molecular formula is C15H16N2O2S. The summed E-state index contributed by atoms with van der Waals surface area (Å²) in [5.74, 6) is 0.798. The molecule has 0 atom stereocenters. The second-order valence-electron chi connectivity index (χ2n) is 4.86. The van der Waals surface area contributed by atoms with Crippen molar-refractivity contribution in [2.45, 2.75) is 13.0 Å². The summed E-state index contributed by atoms with van der Waals surface area (Å²) in [6.45, 7) is 1.37. The summed E-state index contributed by atoms with van der Waals surface area (Å²) in [6.07, 6.45) is 0.879. The molecule has 2 N–H and O–H groups in total. The number of ether oxygens (including phenoxy) is 1. The molecule has 2 aromatic rings. The lowest BCUT2D eigenvalue weighted by Crippen LogP contribution is -2.35. The molecule has 5 heteroatoms. The van der Waals surface area contributed by atoms with Crippen LogP contribution in [0.2, 0.25) is 0 Å². The number of anilines is 1. The van der Waals surface area contributed by atoms with Crippen molar-refractivity contribution in [3.8, 4) is 5.75 Å². The molecule has 1 aromatic carbocycles. The molecule has 0 saturated carbocycles. The van der Waals surface area contributed by atoms with Crippen LogP contribution >= 0.6 is 11.3 Å². The summed E-state index contributed by atoms with van der Waals surface area (Å²) >= 11 is 1.42. The first-order valence-electron chi connectivity index (χ1n) is 6.46. The van der Waals surface area contributed by atoms with Gasteiger partial charge < -0.3 is 15.4 Å². The van der Waals surface area contributed by atoms with E-state index in [2.05, 4.69) is 6.07 Å². The molecule has 0 radical (unpaired) electrons. The molecule has 104 valence electrons. The first-order chi connectivity index (χ1) is 9.67. The van der Waals surface area contributed by atoms with Gasteiger partial charge in [-0.25, -0.2) is 0 Å². The van der Waals surface area contributed by atoms with Crippen LogP contribution in [0.15, 0.2) is 29.6 Å². The van der Waals surface area contributed by atoms with Crippen LogP contribution in [0, 0.1) is 0 Å². The number of carbonyl (C=O) groups is 1. The molecule has 20 heavy (non-hydrogen) atoms. The monoisotopic (exact) mass is 288 g/mol. The van der Waals surface area contributed by atoms with Crippen molar-refractivity contribution in [1.82, 2.24) is 4.90 Å². The largest absolute Gasteiger partial charge is 0.496 e. The van der Waals surface area contributed by atoms with Gasteiger partial charge >= 0.3 is 0 Å². The van der Waals surface area contributed by atoms with Crippen molar-refractivity contribution in [3.05, 3.63) is 45.6 Å². The van der Waals surface area contributed by atoms with Crippen molar-refractivity contribution in [2.75, 3.05) is 19.4 Å². The van der Waals surface area contributed by atoms with Crippen LogP contribution in [0.4, 0.5) is 5.69 Å². The maximum absolute atomic E-state index is 12.5. The van der Waals surface area contributed by atoms with E-state index >= 15 is 0 Å².